The monoisotopic (exact) mass is 1140 g/mol. The molecule has 0 amide bonds. The fourth-order valence-corrected chi connectivity index (χ4v) is 10.1. The zero-order valence-electron chi connectivity index (χ0n) is 54.2. The van der Waals surface area contributed by atoms with Gasteiger partial charge in [0.15, 0.2) is 6.10 Å². The number of hydrogen-bond acceptors (Lipinski definition) is 6. The van der Waals surface area contributed by atoms with Gasteiger partial charge in [-0.05, 0) is 103 Å². The van der Waals surface area contributed by atoms with Gasteiger partial charge in [0.05, 0.1) is 0 Å². The Bertz CT molecular complexity index is 1590. The van der Waals surface area contributed by atoms with Gasteiger partial charge in [0.1, 0.15) is 13.2 Å². The smallest absolute Gasteiger partial charge is 0.306 e. The third-order valence-corrected chi connectivity index (χ3v) is 15.3. The highest BCUT2D eigenvalue weighted by atomic mass is 16.6. The van der Waals surface area contributed by atoms with E-state index in [1.807, 2.05) is 6.08 Å². The molecule has 1 atom stereocenters. The van der Waals surface area contributed by atoms with Crippen molar-refractivity contribution >= 4 is 17.9 Å². The van der Waals surface area contributed by atoms with Crippen molar-refractivity contribution in [3.05, 3.63) is 97.2 Å². The summed E-state index contributed by atoms with van der Waals surface area (Å²) in [6, 6.07) is 0. The summed E-state index contributed by atoms with van der Waals surface area (Å²) in [5.74, 6) is -0.994. The average Bonchev–Trinajstić information content (AvgIpc) is 3.48. The molecule has 0 N–H and O–H groups in total. The van der Waals surface area contributed by atoms with Crippen LogP contribution in [0.4, 0.5) is 0 Å². The summed E-state index contributed by atoms with van der Waals surface area (Å²) in [7, 11) is 0. The van der Waals surface area contributed by atoms with Crippen molar-refractivity contribution in [2.75, 3.05) is 13.2 Å². The topological polar surface area (TPSA) is 78.9 Å². The van der Waals surface area contributed by atoms with Crippen LogP contribution in [0, 0.1) is 0 Å². The second-order valence-corrected chi connectivity index (χ2v) is 23.4. The highest BCUT2D eigenvalue weighted by Crippen LogP contribution is 2.18. The molecule has 0 aromatic rings. The molecule has 0 saturated carbocycles. The fourth-order valence-electron chi connectivity index (χ4n) is 10.1. The number of rotatable bonds is 64. The van der Waals surface area contributed by atoms with Crippen molar-refractivity contribution in [3.8, 4) is 0 Å². The minimum Gasteiger partial charge on any atom is -0.462 e. The molecular formula is C76H132O6. The molecule has 6 heteroatoms. The van der Waals surface area contributed by atoms with Gasteiger partial charge in [-0.15, -0.1) is 0 Å². The van der Waals surface area contributed by atoms with Crippen LogP contribution < -0.4 is 0 Å². The minimum atomic E-state index is -0.821. The second kappa shape index (κ2) is 69.8. The van der Waals surface area contributed by atoms with E-state index in [-0.39, 0.29) is 31.6 Å². The molecule has 472 valence electrons. The van der Waals surface area contributed by atoms with Gasteiger partial charge in [-0.25, -0.2) is 0 Å². The van der Waals surface area contributed by atoms with Gasteiger partial charge >= 0.3 is 17.9 Å². The van der Waals surface area contributed by atoms with Gasteiger partial charge in [-0.3, -0.25) is 14.4 Å². The first-order chi connectivity index (χ1) is 40.5. The first-order valence-corrected chi connectivity index (χ1v) is 35.2. The third-order valence-electron chi connectivity index (χ3n) is 15.3. The van der Waals surface area contributed by atoms with Crippen LogP contribution >= 0.6 is 0 Å². The maximum atomic E-state index is 12.9. The van der Waals surface area contributed by atoms with E-state index in [1.54, 1.807) is 0 Å². The lowest BCUT2D eigenvalue weighted by molar-refractivity contribution is -0.166. The van der Waals surface area contributed by atoms with Crippen LogP contribution in [-0.4, -0.2) is 37.2 Å². The Labute approximate surface area is 508 Å². The van der Waals surface area contributed by atoms with E-state index in [2.05, 4.69) is 112 Å². The number of carbonyl (C=O) groups is 3. The molecule has 6 nitrogen and oxygen atoms in total. The Kier molecular flexibility index (Phi) is 66.7. The van der Waals surface area contributed by atoms with Crippen LogP contribution in [0.3, 0.4) is 0 Å². The first kappa shape index (κ1) is 78.3. The molecular weight excluding hydrogens is 1010 g/mol. The Morgan fingerprint density at radius 2 is 0.524 bits per heavy atom. The SMILES string of the molecule is CC/C=C\C/C=C\C/C=C\C/C=C\C/C=C\C/C=C\CCC(=O)OC(COC(=O)CCCCCCC/C=C\CCC)COC(=O)CCCCCCCCCCCCCCCCCCCCCCCCC/C=C\CCCCCCCCCC. The summed E-state index contributed by atoms with van der Waals surface area (Å²) < 4.78 is 16.8. The number of esters is 3. The third kappa shape index (κ3) is 67.1. The van der Waals surface area contributed by atoms with Crippen molar-refractivity contribution in [2.45, 2.75) is 354 Å². The van der Waals surface area contributed by atoms with Crippen LogP contribution in [0.2, 0.25) is 0 Å². The molecule has 0 aliphatic rings. The maximum Gasteiger partial charge on any atom is 0.306 e. The molecule has 0 radical (unpaired) electrons. The number of allylic oxidation sites excluding steroid dienone is 16. The number of hydrogen-bond donors (Lipinski definition) is 0. The molecule has 0 bridgehead atoms. The highest BCUT2D eigenvalue weighted by molar-refractivity contribution is 5.71. The minimum absolute atomic E-state index is 0.108. The van der Waals surface area contributed by atoms with E-state index < -0.39 is 12.1 Å². The molecule has 0 heterocycles. The molecule has 0 saturated heterocycles. The van der Waals surface area contributed by atoms with E-state index in [0.29, 0.717) is 19.3 Å². The van der Waals surface area contributed by atoms with Crippen LogP contribution in [0.1, 0.15) is 348 Å². The number of ether oxygens (including phenoxy) is 3. The van der Waals surface area contributed by atoms with Gasteiger partial charge in [0.25, 0.3) is 0 Å². The predicted molar refractivity (Wildman–Crippen MR) is 357 cm³/mol. The summed E-state index contributed by atoms with van der Waals surface area (Å²) in [6.45, 7) is 6.42. The first-order valence-electron chi connectivity index (χ1n) is 35.2. The average molecular weight is 1140 g/mol. The molecule has 1 unspecified atom stereocenters. The molecule has 82 heavy (non-hydrogen) atoms. The largest absolute Gasteiger partial charge is 0.462 e. The Morgan fingerprint density at radius 1 is 0.256 bits per heavy atom. The van der Waals surface area contributed by atoms with Crippen LogP contribution in [0.5, 0.6) is 0 Å². The van der Waals surface area contributed by atoms with Gasteiger partial charge in [0, 0.05) is 19.3 Å². The maximum absolute atomic E-state index is 12.9. The van der Waals surface area contributed by atoms with E-state index >= 15 is 0 Å². The standard InChI is InChI=1S/C76H132O6/c1-4-7-10-13-16-19-22-24-26-28-30-31-32-33-34-35-36-37-38-39-40-41-42-43-44-45-47-48-50-52-54-57-60-63-66-69-75(78)81-72-73(71-80-74(77)68-65-62-59-56-21-18-15-12-9-6-3)82-76(79)70-67-64-61-58-55-53-51-49-46-29-27-25-23-20-17-14-11-8-5-2/h8,11-12,15,17,20,25,27-28,30,46,49,53,55,61,64,73H,4-7,9-10,13-14,16,18-19,21-24,26,29,31-45,47-48,50-52,54,56-60,62-63,65-72H2,1-3H3/b11-8-,15-12-,20-17-,27-25-,30-28-,49-46-,55-53-,64-61-. The molecule has 0 aliphatic carbocycles. The van der Waals surface area contributed by atoms with Crippen molar-refractivity contribution in [3.63, 3.8) is 0 Å². The Morgan fingerprint density at radius 3 is 0.841 bits per heavy atom. The van der Waals surface area contributed by atoms with Crippen molar-refractivity contribution in [1.82, 2.24) is 0 Å². The predicted octanol–water partition coefficient (Wildman–Crippen LogP) is 24.4. The highest BCUT2D eigenvalue weighted by Gasteiger charge is 2.19. The summed E-state index contributed by atoms with van der Waals surface area (Å²) in [6.07, 6.45) is 94.9. The lowest BCUT2D eigenvalue weighted by Crippen LogP contribution is -2.30. The summed E-state index contributed by atoms with van der Waals surface area (Å²) in [4.78, 5) is 38.2. The normalized spacial score (nSPS) is 12.7. The zero-order chi connectivity index (χ0) is 59.2. The number of unbranched alkanes of at least 4 members (excludes halogenated alkanes) is 37. The summed E-state index contributed by atoms with van der Waals surface area (Å²) in [5, 5.41) is 0. The fraction of sp³-hybridized carbons (Fsp3) is 0.750. The molecule has 0 spiro atoms. The lowest BCUT2D eigenvalue weighted by atomic mass is 10.0. The van der Waals surface area contributed by atoms with Gasteiger partial charge in [-0.2, -0.15) is 0 Å². The van der Waals surface area contributed by atoms with E-state index in [9.17, 15) is 14.4 Å². The molecule has 0 rings (SSSR count). The quantitative estimate of drug-likeness (QED) is 0.0261. The van der Waals surface area contributed by atoms with Gasteiger partial charge in [0.2, 0.25) is 0 Å². The molecule has 0 fully saturated rings. The van der Waals surface area contributed by atoms with Crippen molar-refractivity contribution in [1.29, 1.82) is 0 Å². The van der Waals surface area contributed by atoms with E-state index in [1.165, 1.54) is 205 Å². The number of carbonyl (C=O) groups excluding carboxylic acids is 3. The molecule has 0 aliphatic heterocycles. The van der Waals surface area contributed by atoms with Crippen LogP contribution in [0.15, 0.2) is 97.2 Å². The van der Waals surface area contributed by atoms with Gasteiger partial charge in [-0.1, -0.05) is 323 Å². The van der Waals surface area contributed by atoms with Crippen LogP contribution in [-0.2, 0) is 28.6 Å². The Balaban J connectivity index is 4.12. The van der Waals surface area contributed by atoms with E-state index in [4.69, 9.17) is 14.2 Å². The van der Waals surface area contributed by atoms with E-state index in [0.717, 1.165) is 96.3 Å². The van der Waals surface area contributed by atoms with Gasteiger partial charge < -0.3 is 14.2 Å². The lowest BCUT2D eigenvalue weighted by Gasteiger charge is -2.18. The van der Waals surface area contributed by atoms with Crippen LogP contribution in [0.25, 0.3) is 0 Å². The second-order valence-electron chi connectivity index (χ2n) is 23.4. The zero-order valence-corrected chi connectivity index (χ0v) is 54.2. The molecule has 0 aromatic heterocycles. The Hall–Kier alpha value is -3.67. The summed E-state index contributed by atoms with van der Waals surface area (Å²) in [5.41, 5.74) is 0. The summed E-state index contributed by atoms with van der Waals surface area (Å²) >= 11 is 0. The van der Waals surface area contributed by atoms with Crippen molar-refractivity contribution in [2.24, 2.45) is 0 Å². The molecule has 0 aromatic carbocycles. The van der Waals surface area contributed by atoms with Crippen molar-refractivity contribution < 1.29 is 28.6 Å².